The summed E-state index contributed by atoms with van der Waals surface area (Å²) in [5, 5.41) is 3.72. The number of benzene rings is 1. The summed E-state index contributed by atoms with van der Waals surface area (Å²) in [6, 6.07) is 12.1. The first-order valence-electron chi connectivity index (χ1n) is 9.46. The van der Waals surface area contributed by atoms with E-state index in [0.29, 0.717) is 18.8 Å². The Morgan fingerprint density at radius 1 is 1.03 bits per heavy atom. The molecule has 1 amide bonds. The van der Waals surface area contributed by atoms with E-state index < -0.39 is 0 Å². The van der Waals surface area contributed by atoms with E-state index in [2.05, 4.69) is 38.9 Å². The van der Waals surface area contributed by atoms with Crippen molar-refractivity contribution >= 4 is 44.1 Å². The predicted octanol–water partition coefficient (Wildman–Crippen LogP) is 4.09. The molecule has 6 nitrogen and oxygen atoms in total. The third-order valence-corrected chi connectivity index (χ3v) is 6.95. The number of rotatable bonds is 3. The molecular formula is C21H19N5OS2. The fraction of sp³-hybridized carbons (Fsp3) is 0.238. The molecule has 3 aromatic heterocycles. The van der Waals surface area contributed by atoms with Crippen molar-refractivity contribution in [1.82, 2.24) is 19.9 Å². The van der Waals surface area contributed by atoms with E-state index in [0.717, 1.165) is 39.1 Å². The number of hydrogen-bond acceptors (Lipinski definition) is 7. The normalized spacial score (nSPS) is 14.5. The molecule has 0 saturated carbocycles. The number of hydrogen-bond donors (Lipinski definition) is 0. The molecule has 1 aliphatic heterocycles. The lowest BCUT2D eigenvalue weighted by Crippen LogP contribution is -2.48. The van der Waals surface area contributed by atoms with Gasteiger partial charge in [-0.05, 0) is 19.1 Å². The first-order chi connectivity index (χ1) is 14.2. The molecule has 0 bridgehead atoms. The van der Waals surface area contributed by atoms with Gasteiger partial charge in [0, 0.05) is 43.3 Å². The lowest BCUT2D eigenvalue weighted by Gasteiger charge is -2.34. The molecule has 4 aromatic rings. The predicted molar refractivity (Wildman–Crippen MR) is 118 cm³/mol. The second-order valence-corrected chi connectivity index (χ2v) is 8.82. The maximum absolute atomic E-state index is 12.9. The van der Waals surface area contributed by atoms with Gasteiger partial charge in [0.2, 0.25) is 0 Å². The fourth-order valence-electron chi connectivity index (χ4n) is 3.36. The Bertz CT molecular complexity index is 1130. The molecule has 1 aliphatic rings. The number of carbonyl (C=O) groups excluding carboxylic acids is 1. The number of aromatic nitrogens is 3. The standard InChI is InChI=1S/C21H19N5OS2/c1-14-4-6-15(7-5-14)18-23-17(13-28-18)20(27)25-9-11-26(12-10-25)21-24-16-3-2-8-22-19(16)29-21/h2-8,13H,9-12H2,1H3. The quantitative estimate of drug-likeness (QED) is 0.499. The summed E-state index contributed by atoms with van der Waals surface area (Å²) in [7, 11) is 0. The SMILES string of the molecule is Cc1ccc(-c2nc(C(=O)N3CCN(c4nc5cccnc5s4)CC3)cs2)cc1. The highest BCUT2D eigenvalue weighted by Gasteiger charge is 2.25. The topological polar surface area (TPSA) is 62.2 Å². The van der Waals surface area contributed by atoms with Crippen LogP contribution in [0.25, 0.3) is 20.9 Å². The van der Waals surface area contributed by atoms with Gasteiger partial charge in [-0.3, -0.25) is 4.79 Å². The Kier molecular flexibility index (Phi) is 4.73. The number of thiazole rings is 2. The molecule has 29 heavy (non-hydrogen) atoms. The summed E-state index contributed by atoms with van der Waals surface area (Å²) in [5.74, 6) is 0.00484. The van der Waals surface area contributed by atoms with Crippen molar-refractivity contribution in [2.45, 2.75) is 6.92 Å². The number of fused-ring (bicyclic) bond motifs is 1. The van der Waals surface area contributed by atoms with Crippen LogP contribution in [0.1, 0.15) is 16.1 Å². The summed E-state index contributed by atoms with van der Waals surface area (Å²) in [6.45, 7) is 4.92. The van der Waals surface area contributed by atoms with Crippen molar-refractivity contribution < 1.29 is 4.79 Å². The molecule has 8 heteroatoms. The zero-order valence-corrected chi connectivity index (χ0v) is 17.5. The van der Waals surface area contributed by atoms with Crippen LogP contribution in [0.2, 0.25) is 0 Å². The fourth-order valence-corrected chi connectivity index (χ4v) is 5.12. The minimum atomic E-state index is 0.00484. The summed E-state index contributed by atoms with van der Waals surface area (Å²) >= 11 is 3.12. The molecule has 0 spiro atoms. The van der Waals surface area contributed by atoms with Gasteiger partial charge < -0.3 is 9.80 Å². The molecule has 1 fully saturated rings. The molecule has 0 N–H and O–H groups in total. The van der Waals surface area contributed by atoms with Crippen molar-refractivity contribution in [2.24, 2.45) is 0 Å². The molecule has 0 radical (unpaired) electrons. The molecule has 146 valence electrons. The maximum atomic E-state index is 12.9. The van der Waals surface area contributed by atoms with E-state index in [4.69, 9.17) is 0 Å². The molecule has 0 atom stereocenters. The average Bonchev–Trinajstić information content (AvgIpc) is 3.41. The van der Waals surface area contributed by atoms with Crippen LogP contribution in [0.15, 0.2) is 48.0 Å². The summed E-state index contributed by atoms with van der Waals surface area (Å²) in [6.07, 6.45) is 1.79. The summed E-state index contributed by atoms with van der Waals surface area (Å²) in [5.41, 5.74) is 3.72. The number of amides is 1. The van der Waals surface area contributed by atoms with Gasteiger partial charge in [0.1, 0.15) is 21.0 Å². The molecular weight excluding hydrogens is 402 g/mol. The first-order valence-corrected chi connectivity index (χ1v) is 11.2. The average molecular weight is 422 g/mol. The molecule has 1 saturated heterocycles. The van der Waals surface area contributed by atoms with E-state index in [9.17, 15) is 4.79 Å². The highest BCUT2D eigenvalue weighted by molar-refractivity contribution is 7.21. The van der Waals surface area contributed by atoms with Crippen molar-refractivity contribution in [3.63, 3.8) is 0 Å². The minimum Gasteiger partial charge on any atom is -0.344 e. The monoisotopic (exact) mass is 421 g/mol. The smallest absolute Gasteiger partial charge is 0.273 e. The third-order valence-electron chi connectivity index (χ3n) is 5.01. The zero-order chi connectivity index (χ0) is 19.8. The van der Waals surface area contributed by atoms with Gasteiger partial charge in [-0.25, -0.2) is 15.0 Å². The first kappa shape index (κ1) is 18.2. The highest BCUT2D eigenvalue weighted by Crippen LogP contribution is 2.28. The number of piperazine rings is 1. The van der Waals surface area contributed by atoms with Crippen LogP contribution >= 0.6 is 22.7 Å². The second kappa shape index (κ2) is 7.53. The number of pyridine rings is 1. The number of anilines is 1. The van der Waals surface area contributed by atoms with Crippen molar-refractivity contribution in [3.8, 4) is 10.6 Å². The number of nitrogens with zero attached hydrogens (tertiary/aromatic N) is 5. The largest absolute Gasteiger partial charge is 0.344 e. The Balaban J connectivity index is 1.26. The van der Waals surface area contributed by atoms with E-state index in [1.54, 1.807) is 17.5 Å². The van der Waals surface area contributed by atoms with Crippen LogP contribution in [0.5, 0.6) is 0 Å². The van der Waals surface area contributed by atoms with Crippen LogP contribution < -0.4 is 4.90 Å². The molecule has 5 rings (SSSR count). The Morgan fingerprint density at radius 3 is 2.59 bits per heavy atom. The highest BCUT2D eigenvalue weighted by atomic mass is 32.1. The Labute approximate surface area is 176 Å². The van der Waals surface area contributed by atoms with E-state index in [-0.39, 0.29) is 5.91 Å². The van der Waals surface area contributed by atoms with Gasteiger partial charge in [-0.15, -0.1) is 11.3 Å². The summed E-state index contributed by atoms with van der Waals surface area (Å²) in [4.78, 5) is 31.6. The number of aryl methyl sites for hydroxylation is 1. The zero-order valence-electron chi connectivity index (χ0n) is 15.9. The van der Waals surface area contributed by atoms with Crippen LogP contribution in [0, 0.1) is 6.92 Å². The molecule has 0 unspecified atom stereocenters. The third kappa shape index (κ3) is 3.61. The van der Waals surface area contributed by atoms with Crippen LogP contribution in [0.3, 0.4) is 0 Å². The van der Waals surface area contributed by atoms with Crippen LogP contribution in [-0.4, -0.2) is 51.9 Å². The van der Waals surface area contributed by atoms with Crippen LogP contribution in [-0.2, 0) is 0 Å². The van der Waals surface area contributed by atoms with Gasteiger partial charge in [0.25, 0.3) is 5.91 Å². The summed E-state index contributed by atoms with van der Waals surface area (Å²) < 4.78 is 0. The molecule has 4 heterocycles. The molecule has 1 aromatic carbocycles. The van der Waals surface area contributed by atoms with Gasteiger partial charge in [0.15, 0.2) is 5.13 Å². The van der Waals surface area contributed by atoms with E-state index in [1.807, 2.05) is 34.5 Å². The van der Waals surface area contributed by atoms with Crippen molar-refractivity contribution in [2.75, 3.05) is 31.1 Å². The second-order valence-electron chi connectivity index (χ2n) is 7.01. The van der Waals surface area contributed by atoms with E-state index in [1.165, 1.54) is 16.9 Å². The number of carbonyl (C=O) groups is 1. The maximum Gasteiger partial charge on any atom is 0.273 e. The van der Waals surface area contributed by atoms with Crippen molar-refractivity contribution in [1.29, 1.82) is 0 Å². The van der Waals surface area contributed by atoms with Crippen LogP contribution in [0.4, 0.5) is 5.13 Å². The van der Waals surface area contributed by atoms with Gasteiger partial charge in [-0.1, -0.05) is 41.2 Å². The lowest BCUT2D eigenvalue weighted by molar-refractivity contribution is 0.0742. The Hall–Kier alpha value is -2.84. The molecule has 0 aliphatic carbocycles. The lowest BCUT2D eigenvalue weighted by atomic mass is 10.2. The van der Waals surface area contributed by atoms with Gasteiger partial charge >= 0.3 is 0 Å². The minimum absolute atomic E-state index is 0.00484. The Morgan fingerprint density at radius 2 is 1.83 bits per heavy atom. The van der Waals surface area contributed by atoms with E-state index >= 15 is 0 Å². The van der Waals surface area contributed by atoms with Crippen molar-refractivity contribution in [3.05, 3.63) is 59.2 Å². The van der Waals surface area contributed by atoms with Gasteiger partial charge in [-0.2, -0.15) is 0 Å². The van der Waals surface area contributed by atoms with Gasteiger partial charge in [0.05, 0.1) is 0 Å².